The van der Waals surface area contributed by atoms with Crippen LogP contribution in [0.2, 0.25) is 5.02 Å². The molecule has 1 N–H and O–H groups in total. The standard InChI is InChI=1S/C37H36ClF3N4O.ClH/c1-36(30-14-4-2-5-15-30,31-16-6-3-7-17-31)45(27-29-13-9-19-33(34(29)38)37(39,40)41)24-11-25-46-32-18-8-12-28(26-32)20-23-44-35-42-21-10-22-43-35;/h2-10,12-19,21-22,26H,11,20,23-25,27H2,1H3,(H,42,43,44);1H. The highest BCUT2D eigenvalue weighted by molar-refractivity contribution is 6.32. The van der Waals surface area contributed by atoms with Crippen molar-refractivity contribution in [2.75, 3.05) is 25.0 Å². The van der Waals surface area contributed by atoms with Gasteiger partial charge in [-0.2, -0.15) is 13.2 Å². The summed E-state index contributed by atoms with van der Waals surface area (Å²) < 4.78 is 47.5. The fraction of sp³-hybridized carbons (Fsp3) is 0.243. The minimum atomic E-state index is -4.55. The average molecular weight is 682 g/mol. The highest BCUT2D eigenvalue weighted by Gasteiger charge is 2.37. The number of rotatable bonds is 14. The Labute approximate surface area is 285 Å². The van der Waals surface area contributed by atoms with Crippen LogP contribution >= 0.6 is 24.0 Å². The van der Waals surface area contributed by atoms with Gasteiger partial charge >= 0.3 is 6.18 Å². The third-order valence-corrected chi connectivity index (χ3v) is 8.50. The van der Waals surface area contributed by atoms with Crippen LogP contribution < -0.4 is 10.1 Å². The van der Waals surface area contributed by atoms with Crippen LogP contribution in [0.25, 0.3) is 0 Å². The van der Waals surface area contributed by atoms with E-state index in [9.17, 15) is 13.2 Å². The molecule has 0 bridgehead atoms. The van der Waals surface area contributed by atoms with Crippen molar-refractivity contribution >= 4 is 30.0 Å². The van der Waals surface area contributed by atoms with Gasteiger partial charge in [0.15, 0.2) is 0 Å². The Morgan fingerprint density at radius 3 is 2.09 bits per heavy atom. The Balaban J connectivity index is 0.00000500. The maximum absolute atomic E-state index is 13.8. The average Bonchev–Trinajstić information content (AvgIpc) is 3.07. The van der Waals surface area contributed by atoms with Crippen LogP contribution in [0.3, 0.4) is 0 Å². The molecule has 0 saturated heterocycles. The van der Waals surface area contributed by atoms with Crippen molar-refractivity contribution in [2.45, 2.75) is 38.0 Å². The summed E-state index contributed by atoms with van der Waals surface area (Å²) in [7, 11) is 0. The Morgan fingerprint density at radius 2 is 1.45 bits per heavy atom. The molecule has 0 radical (unpaired) electrons. The highest BCUT2D eigenvalue weighted by atomic mass is 35.5. The lowest BCUT2D eigenvalue weighted by Crippen LogP contribution is -2.45. The van der Waals surface area contributed by atoms with Gasteiger partial charge in [0.25, 0.3) is 0 Å². The number of hydrogen-bond donors (Lipinski definition) is 1. The monoisotopic (exact) mass is 680 g/mol. The molecule has 0 aliphatic heterocycles. The van der Waals surface area contributed by atoms with E-state index < -0.39 is 17.3 Å². The Bertz CT molecular complexity index is 1640. The quantitative estimate of drug-likeness (QED) is 0.118. The van der Waals surface area contributed by atoms with E-state index in [1.54, 1.807) is 24.5 Å². The third-order valence-electron chi connectivity index (χ3n) is 8.05. The summed E-state index contributed by atoms with van der Waals surface area (Å²) in [5.41, 5.74) is 2.07. The van der Waals surface area contributed by atoms with Gasteiger partial charge < -0.3 is 10.1 Å². The van der Waals surface area contributed by atoms with Crippen molar-refractivity contribution in [3.63, 3.8) is 0 Å². The number of hydrogen-bond acceptors (Lipinski definition) is 5. The van der Waals surface area contributed by atoms with Gasteiger partial charge in [-0.05, 0) is 66.3 Å². The predicted molar refractivity (Wildman–Crippen MR) is 184 cm³/mol. The van der Waals surface area contributed by atoms with Crippen molar-refractivity contribution in [2.24, 2.45) is 0 Å². The summed E-state index contributed by atoms with van der Waals surface area (Å²) in [6.45, 7) is 3.95. The molecule has 0 unspecified atom stereocenters. The lowest BCUT2D eigenvalue weighted by Gasteiger charge is -2.43. The summed E-state index contributed by atoms with van der Waals surface area (Å²) in [5.74, 6) is 1.35. The van der Waals surface area contributed by atoms with Crippen molar-refractivity contribution in [3.05, 3.63) is 154 Å². The summed E-state index contributed by atoms with van der Waals surface area (Å²) in [4.78, 5) is 10.6. The van der Waals surface area contributed by atoms with E-state index in [4.69, 9.17) is 16.3 Å². The van der Waals surface area contributed by atoms with Crippen LogP contribution in [0, 0.1) is 0 Å². The first-order chi connectivity index (χ1) is 22.2. The number of nitrogens with zero attached hydrogens (tertiary/aromatic N) is 3. The second-order valence-electron chi connectivity index (χ2n) is 11.1. The molecule has 10 heteroatoms. The van der Waals surface area contributed by atoms with Gasteiger partial charge in [0, 0.05) is 32.0 Å². The summed E-state index contributed by atoms with van der Waals surface area (Å²) in [6.07, 6.45) is 0.243. The molecule has 47 heavy (non-hydrogen) atoms. The molecule has 1 aromatic heterocycles. The highest BCUT2D eigenvalue weighted by Crippen LogP contribution is 2.40. The number of nitrogens with one attached hydrogen (secondary N) is 1. The second-order valence-corrected chi connectivity index (χ2v) is 11.5. The van der Waals surface area contributed by atoms with Gasteiger partial charge in [0.1, 0.15) is 5.75 Å². The van der Waals surface area contributed by atoms with Crippen molar-refractivity contribution in [1.82, 2.24) is 14.9 Å². The number of benzene rings is 4. The van der Waals surface area contributed by atoms with Gasteiger partial charge in [-0.1, -0.05) is 96.5 Å². The van der Waals surface area contributed by atoms with E-state index in [0.717, 1.165) is 34.9 Å². The molecule has 0 fully saturated rings. The van der Waals surface area contributed by atoms with Crippen LogP contribution in [-0.2, 0) is 24.7 Å². The molecule has 5 nitrogen and oxygen atoms in total. The van der Waals surface area contributed by atoms with Crippen LogP contribution in [0.1, 0.15) is 41.2 Å². The molecule has 0 amide bonds. The minimum Gasteiger partial charge on any atom is -0.494 e. The minimum absolute atomic E-state index is 0. The molecule has 5 rings (SSSR count). The van der Waals surface area contributed by atoms with Crippen LogP contribution in [0.15, 0.2) is 122 Å². The first-order valence-corrected chi connectivity index (χ1v) is 15.6. The maximum Gasteiger partial charge on any atom is 0.417 e. The SMILES string of the molecule is CC(c1ccccc1)(c1ccccc1)N(CCCOc1cccc(CCNc2ncccn2)c1)Cc1cccc(C(F)(F)F)c1Cl.Cl. The summed E-state index contributed by atoms with van der Waals surface area (Å²) >= 11 is 6.42. The summed E-state index contributed by atoms with van der Waals surface area (Å²) in [6, 6.07) is 33.9. The molecule has 0 atom stereocenters. The van der Waals surface area contributed by atoms with Crippen LogP contribution in [-0.4, -0.2) is 34.6 Å². The fourth-order valence-corrected chi connectivity index (χ4v) is 5.88. The normalized spacial score (nSPS) is 11.6. The van der Waals surface area contributed by atoms with Gasteiger partial charge in [-0.15, -0.1) is 12.4 Å². The van der Waals surface area contributed by atoms with E-state index in [0.29, 0.717) is 37.6 Å². The molecule has 1 heterocycles. The van der Waals surface area contributed by atoms with Gasteiger partial charge in [0.2, 0.25) is 5.95 Å². The third kappa shape index (κ3) is 9.25. The smallest absolute Gasteiger partial charge is 0.417 e. The van der Waals surface area contributed by atoms with E-state index in [1.807, 2.05) is 60.7 Å². The molecule has 0 spiro atoms. The van der Waals surface area contributed by atoms with Crippen molar-refractivity contribution in [3.8, 4) is 5.75 Å². The van der Waals surface area contributed by atoms with E-state index in [-0.39, 0.29) is 24.0 Å². The fourth-order valence-electron chi connectivity index (χ4n) is 5.59. The zero-order valence-corrected chi connectivity index (χ0v) is 27.5. The lowest BCUT2D eigenvalue weighted by atomic mass is 9.82. The first-order valence-electron chi connectivity index (χ1n) is 15.2. The maximum atomic E-state index is 13.8. The number of ether oxygens (including phenoxy) is 1. The lowest BCUT2D eigenvalue weighted by molar-refractivity contribution is -0.137. The van der Waals surface area contributed by atoms with Crippen molar-refractivity contribution in [1.29, 1.82) is 0 Å². The Morgan fingerprint density at radius 1 is 0.809 bits per heavy atom. The number of alkyl halides is 3. The van der Waals surface area contributed by atoms with Crippen molar-refractivity contribution < 1.29 is 17.9 Å². The van der Waals surface area contributed by atoms with Gasteiger partial charge in [-0.3, -0.25) is 4.90 Å². The molecule has 4 aromatic carbocycles. The largest absolute Gasteiger partial charge is 0.494 e. The Kier molecular flexibility index (Phi) is 12.6. The predicted octanol–water partition coefficient (Wildman–Crippen LogP) is 9.46. The van der Waals surface area contributed by atoms with E-state index in [1.165, 1.54) is 6.07 Å². The number of aromatic nitrogens is 2. The van der Waals surface area contributed by atoms with E-state index in [2.05, 4.69) is 51.4 Å². The molecule has 5 aromatic rings. The van der Waals surface area contributed by atoms with Crippen LogP contribution in [0.4, 0.5) is 19.1 Å². The Hall–Kier alpha value is -4.11. The molecular formula is C37H37Cl2F3N4O. The molecule has 0 aliphatic carbocycles. The van der Waals surface area contributed by atoms with Crippen LogP contribution in [0.5, 0.6) is 5.75 Å². The number of anilines is 1. The molecule has 0 saturated carbocycles. The van der Waals surface area contributed by atoms with E-state index >= 15 is 0 Å². The zero-order chi connectivity index (χ0) is 32.4. The van der Waals surface area contributed by atoms with Gasteiger partial charge in [0.05, 0.1) is 22.7 Å². The first kappa shape index (κ1) is 35.7. The molecular weight excluding hydrogens is 644 g/mol. The molecule has 0 aliphatic rings. The summed E-state index contributed by atoms with van der Waals surface area (Å²) in [5, 5.41) is 2.94. The zero-order valence-electron chi connectivity index (χ0n) is 26.0. The number of halogens is 5. The molecule has 246 valence electrons. The topological polar surface area (TPSA) is 50.3 Å². The van der Waals surface area contributed by atoms with Gasteiger partial charge in [-0.25, -0.2) is 9.97 Å². The second kappa shape index (κ2) is 16.6.